The molecular formula is C26H22BrN3O5. The van der Waals surface area contributed by atoms with Gasteiger partial charge in [-0.2, -0.15) is 5.10 Å². The first kappa shape index (κ1) is 25.4. The molecule has 2 amide bonds. The predicted molar refractivity (Wildman–Crippen MR) is 136 cm³/mol. The molecule has 0 fully saturated rings. The minimum atomic E-state index is -0.550. The van der Waals surface area contributed by atoms with Crippen LogP contribution in [-0.2, 0) is 9.59 Å². The fourth-order valence-corrected chi connectivity index (χ4v) is 3.23. The molecule has 0 spiro atoms. The number of halogens is 1. The maximum absolute atomic E-state index is 12.1. The maximum Gasteiger partial charge on any atom is 0.336 e. The van der Waals surface area contributed by atoms with Crippen LogP contribution < -0.4 is 20.2 Å². The van der Waals surface area contributed by atoms with Crippen molar-refractivity contribution in [1.82, 2.24) is 10.7 Å². The van der Waals surface area contributed by atoms with Gasteiger partial charge in [0.2, 0.25) is 0 Å². The van der Waals surface area contributed by atoms with E-state index in [9.17, 15) is 14.4 Å². The van der Waals surface area contributed by atoms with E-state index in [2.05, 4.69) is 31.8 Å². The van der Waals surface area contributed by atoms with Gasteiger partial charge in [-0.25, -0.2) is 10.2 Å². The molecule has 0 saturated heterocycles. The molecule has 2 N–H and O–H groups in total. The minimum absolute atomic E-state index is 0.239. The second-order valence-corrected chi connectivity index (χ2v) is 7.98. The molecule has 0 aliphatic heterocycles. The van der Waals surface area contributed by atoms with Gasteiger partial charge in [0.05, 0.1) is 19.9 Å². The van der Waals surface area contributed by atoms with Crippen LogP contribution in [0.5, 0.6) is 11.5 Å². The normalized spacial score (nSPS) is 10.8. The van der Waals surface area contributed by atoms with Crippen molar-refractivity contribution in [2.24, 2.45) is 5.10 Å². The molecule has 0 aliphatic rings. The minimum Gasteiger partial charge on any atom is -0.493 e. The van der Waals surface area contributed by atoms with Crippen LogP contribution in [0.15, 0.2) is 88.4 Å². The van der Waals surface area contributed by atoms with E-state index in [4.69, 9.17) is 9.47 Å². The molecule has 3 aromatic carbocycles. The lowest BCUT2D eigenvalue weighted by Gasteiger charge is -2.08. The molecule has 0 saturated carbocycles. The summed E-state index contributed by atoms with van der Waals surface area (Å²) in [6, 6.07) is 21.0. The summed E-state index contributed by atoms with van der Waals surface area (Å²) in [7, 11) is 1.45. The number of amides is 2. The van der Waals surface area contributed by atoms with Gasteiger partial charge in [0.15, 0.2) is 11.5 Å². The molecule has 0 atom stereocenters. The zero-order valence-corrected chi connectivity index (χ0v) is 20.3. The summed E-state index contributed by atoms with van der Waals surface area (Å²) in [6.45, 7) is -0.239. The Morgan fingerprint density at radius 2 is 1.74 bits per heavy atom. The number of hydrazone groups is 1. The van der Waals surface area contributed by atoms with Gasteiger partial charge in [-0.15, -0.1) is 0 Å². The average molecular weight is 536 g/mol. The molecule has 178 valence electrons. The summed E-state index contributed by atoms with van der Waals surface area (Å²) >= 11 is 3.29. The fraction of sp³-hybridized carbons (Fsp3) is 0.0769. The van der Waals surface area contributed by atoms with Crippen LogP contribution in [0.3, 0.4) is 0 Å². The lowest BCUT2D eigenvalue weighted by Crippen LogP contribution is -2.34. The summed E-state index contributed by atoms with van der Waals surface area (Å²) in [4.78, 5) is 36.2. The van der Waals surface area contributed by atoms with E-state index in [0.717, 1.165) is 10.0 Å². The monoisotopic (exact) mass is 535 g/mol. The zero-order chi connectivity index (χ0) is 25.0. The van der Waals surface area contributed by atoms with Gasteiger partial charge in [0.25, 0.3) is 11.8 Å². The molecule has 0 bridgehead atoms. The smallest absolute Gasteiger partial charge is 0.336 e. The number of hydrogen-bond acceptors (Lipinski definition) is 6. The van der Waals surface area contributed by atoms with Gasteiger partial charge in [-0.3, -0.25) is 9.59 Å². The van der Waals surface area contributed by atoms with Gasteiger partial charge >= 0.3 is 5.97 Å². The fourth-order valence-electron chi connectivity index (χ4n) is 2.83. The van der Waals surface area contributed by atoms with Crippen molar-refractivity contribution in [3.63, 3.8) is 0 Å². The molecule has 0 aliphatic carbocycles. The van der Waals surface area contributed by atoms with E-state index in [1.54, 1.807) is 48.5 Å². The number of ether oxygens (including phenoxy) is 2. The third-order valence-corrected chi connectivity index (χ3v) is 5.00. The molecule has 0 radical (unpaired) electrons. The van der Waals surface area contributed by atoms with Crippen LogP contribution in [0.25, 0.3) is 6.08 Å². The summed E-state index contributed by atoms with van der Waals surface area (Å²) in [5, 5.41) is 6.40. The highest BCUT2D eigenvalue weighted by atomic mass is 79.9. The van der Waals surface area contributed by atoms with Crippen LogP contribution in [0.1, 0.15) is 21.5 Å². The highest BCUT2D eigenvalue weighted by molar-refractivity contribution is 9.10. The topological polar surface area (TPSA) is 106 Å². The molecule has 35 heavy (non-hydrogen) atoms. The van der Waals surface area contributed by atoms with Crippen LogP contribution >= 0.6 is 15.9 Å². The second kappa shape index (κ2) is 12.9. The Balaban J connectivity index is 1.51. The van der Waals surface area contributed by atoms with E-state index in [0.29, 0.717) is 16.9 Å². The maximum atomic E-state index is 12.1. The van der Waals surface area contributed by atoms with Crippen LogP contribution in [0.4, 0.5) is 0 Å². The van der Waals surface area contributed by atoms with E-state index in [1.807, 2.05) is 30.3 Å². The summed E-state index contributed by atoms with van der Waals surface area (Å²) in [5.41, 5.74) is 4.24. The third kappa shape index (κ3) is 8.24. The first-order valence-corrected chi connectivity index (χ1v) is 11.2. The Kier molecular flexibility index (Phi) is 9.32. The van der Waals surface area contributed by atoms with Crippen LogP contribution in [-0.4, -0.2) is 37.7 Å². The molecular weight excluding hydrogens is 514 g/mol. The highest BCUT2D eigenvalue weighted by Gasteiger charge is 2.10. The van der Waals surface area contributed by atoms with Gasteiger partial charge in [-0.1, -0.05) is 52.3 Å². The quantitative estimate of drug-likeness (QED) is 0.142. The first-order valence-electron chi connectivity index (χ1n) is 10.4. The molecule has 3 rings (SSSR count). The summed E-state index contributed by atoms with van der Waals surface area (Å²) < 4.78 is 11.4. The zero-order valence-electron chi connectivity index (χ0n) is 18.7. The predicted octanol–water partition coefficient (Wildman–Crippen LogP) is 3.96. The molecule has 0 unspecified atom stereocenters. The van der Waals surface area contributed by atoms with E-state index >= 15 is 0 Å². The number of rotatable bonds is 9. The Morgan fingerprint density at radius 3 is 2.49 bits per heavy atom. The van der Waals surface area contributed by atoms with Crippen LogP contribution in [0.2, 0.25) is 0 Å². The van der Waals surface area contributed by atoms with Crippen molar-refractivity contribution in [2.45, 2.75) is 0 Å². The van der Waals surface area contributed by atoms with E-state index in [1.165, 1.54) is 19.4 Å². The van der Waals surface area contributed by atoms with Crippen molar-refractivity contribution >= 4 is 46.0 Å². The Bertz CT molecular complexity index is 1260. The number of carbonyl (C=O) groups is 3. The molecule has 3 aromatic rings. The van der Waals surface area contributed by atoms with Crippen molar-refractivity contribution in [2.75, 3.05) is 13.7 Å². The largest absolute Gasteiger partial charge is 0.493 e. The SMILES string of the molecule is COc1cc(/C=N/NC(=O)CNC(=O)c2cccc(Br)c2)ccc1OC(=O)/C=C/c1ccccc1. The van der Waals surface area contributed by atoms with Crippen molar-refractivity contribution < 1.29 is 23.9 Å². The second-order valence-electron chi connectivity index (χ2n) is 7.06. The van der Waals surface area contributed by atoms with E-state index in [-0.39, 0.29) is 18.2 Å². The molecule has 9 heteroatoms. The standard InChI is InChI=1S/C26H22BrN3O5/c1-34-23-14-19(10-12-22(23)35-25(32)13-11-18-6-3-2-4-7-18)16-29-30-24(31)17-28-26(33)20-8-5-9-21(27)15-20/h2-16H,17H2,1H3,(H,28,33)(H,30,31)/b13-11+,29-16+. The number of carbonyl (C=O) groups excluding carboxylic acids is 3. The van der Waals surface area contributed by atoms with Gasteiger partial charge < -0.3 is 14.8 Å². The lowest BCUT2D eigenvalue weighted by molar-refractivity contribution is -0.129. The number of esters is 1. The number of nitrogens with one attached hydrogen (secondary N) is 2. The van der Waals surface area contributed by atoms with E-state index < -0.39 is 11.9 Å². The van der Waals surface area contributed by atoms with Crippen molar-refractivity contribution in [3.05, 3.63) is 100 Å². The number of benzene rings is 3. The Morgan fingerprint density at radius 1 is 0.943 bits per heavy atom. The lowest BCUT2D eigenvalue weighted by atomic mass is 10.2. The van der Waals surface area contributed by atoms with Gasteiger partial charge in [-0.05, 0) is 53.6 Å². The Labute approximate surface area is 210 Å². The van der Waals surface area contributed by atoms with Crippen molar-refractivity contribution in [3.8, 4) is 11.5 Å². The summed E-state index contributed by atoms with van der Waals surface area (Å²) in [6.07, 6.45) is 4.38. The third-order valence-electron chi connectivity index (χ3n) is 4.51. The molecule has 0 heterocycles. The number of hydrogen-bond donors (Lipinski definition) is 2. The Hall–Kier alpha value is -4.24. The highest BCUT2D eigenvalue weighted by Crippen LogP contribution is 2.27. The number of methoxy groups -OCH3 is 1. The van der Waals surface area contributed by atoms with Gasteiger partial charge in [0.1, 0.15) is 0 Å². The van der Waals surface area contributed by atoms with Crippen LogP contribution in [0, 0.1) is 0 Å². The molecule has 8 nitrogen and oxygen atoms in total. The van der Waals surface area contributed by atoms with Crippen molar-refractivity contribution in [1.29, 1.82) is 0 Å². The average Bonchev–Trinajstić information content (AvgIpc) is 2.87. The number of nitrogens with zero attached hydrogens (tertiary/aromatic N) is 1. The van der Waals surface area contributed by atoms with Gasteiger partial charge in [0, 0.05) is 16.1 Å². The summed E-state index contributed by atoms with van der Waals surface area (Å²) in [5.74, 6) is -0.855. The molecule has 0 aromatic heterocycles. The first-order chi connectivity index (χ1) is 16.9.